The van der Waals surface area contributed by atoms with Gasteiger partial charge in [0.05, 0.1) is 16.7 Å². The maximum atomic E-state index is 12.8. The summed E-state index contributed by atoms with van der Waals surface area (Å²) in [5.74, 6) is 0.415. The molecule has 1 atom stereocenters. The van der Waals surface area contributed by atoms with Crippen molar-refractivity contribution in [3.63, 3.8) is 0 Å². The first kappa shape index (κ1) is 19.2. The zero-order valence-corrected chi connectivity index (χ0v) is 16.8. The number of hydrogen-bond donors (Lipinski definition) is 0. The van der Waals surface area contributed by atoms with Crippen LogP contribution in [0, 0.1) is 0 Å². The number of likely N-dealkylation sites (tertiary alicyclic amines) is 1. The molecule has 0 saturated carbocycles. The van der Waals surface area contributed by atoms with Crippen LogP contribution < -0.4 is 5.56 Å². The highest BCUT2D eigenvalue weighted by Gasteiger charge is 2.23. The Hall–Kier alpha value is -1.53. The molecule has 3 rings (SSSR count). The number of rotatable bonds is 5. The number of carbonyl (C=O) groups is 1. The highest BCUT2D eigenvalue weighted by atomic mass is 35.5. The molecule has 1 aliphatic rings. The molecule has 1 fully saturated rings. The standard InChI is InChI=1S/C19H24ClN3O2S/c1-3-9-23-18(25)15-8-7-14(20)11-16(15)21-19(23)26-12-17(24)22-10-5-4-6-13(22)2/h7-8,11,13H,3-6,9-10,12H2,1-2H3. The van der Waals surface area contributed by atoms with E-state index in [9.17, 15) is 9.59 Å². The van der Waals surface area contributed by atoms with E-state index >= 15 is 0 Å². The van der Waals surface area contributed by atoms with Gasteiger partial charge in [-0.05, 0) is 50.8 Å². The van der Waals surface area contributed by atoms with Crippen LogP contribution in [0.2, 0.25) is 5.02 Å². The summed E-state index contributed by atoms with van der Waals surface area (Å²) < 4.78 is 1.67. The Bertz CT molecular complexity index is 868. The molecule has 26 heavy (non-hydrogen) atoms. The average Bonchev–Trinajstić information content (AvgIpc) is 2.62. The summed E-state index contributed by atoms with van der Waals surface area (Å²) >= 11 is 7.40. The van der Waals surface area contributed by atoms with Crippen LogP contribution in [0.25, 0.3) is 10.9 Å². The van der Waals surface area contributed by atoms with Crippen molar-refractivity contribution in [1.82, 2.24) is 14.5 Å². The van der Waals surface area contributed by atoms with E-state index in [-0.39, 0.29) is 17.5 Å². The molecule has 7 heteroatoms. The van der Waals surface area contributed by atoms with Crippen LogP contribution in [0.15, 0.2) is 28.2 Å². The highest BCUT2D eigenvalue weighted by Crippen LogP contribution is 2.23. The topological polar surface area (TPSA) is 55.2 Å². The smallest absolute Gasteiger partial charge is 0.262 e. The van der Waals surface area contributed by atoms with E-state index in [1.54, 1.807) is 22.8 Å². The van der Waals surface area contributed by atoms with E-state index in [4.69, 9.17) is 11.6 Å². The van der Waals surface area contributed by atoms with Gasteiger partial charge in [0.2, 0.25) is 5.91 Å². The second-order valence-corrected chi connectivity index (χ2v) is 8.11. The third kappa shape index (κ3) is 4.07. The molecule has 0 spiro atoms. The van der Waals surface area contributed by atoms with Gasteiger partial charge in [-0.1, -0.05) is 30.3 Å². The van der Waals surface area contributed by atoms with E-state index in [1.807, 2.05) is 11.8 Å². The molecule has 2 aromatic rings. The number of thioether (sulfide) groups is 1. The van der Waals surface area contributed by atoms with Gasteiger partial charge in [-0.15, -0.1) is 0 Å². The number of piperidine rings is 1. The molecular weight excluding hydrogens is 370 g/mol. The average molecular weight is 394 g/mol. The minimum absolute atomic E-state index is 0.0743. The van der Waals surface area contributed by atoms with Crippen molar-refractivity contribution in [2.75, 3.05) is 12.3 Å². The first-order chi connectivity index (χ1) is 12.5. The van der Waals surface area contributed by atoms with Crippen LogP contribution in [0.1, 0.15) is 39.5 Å². The second kappa shape index (κ2) is 8.44. The molecule has 2 heterocycles. The summed E-state index contributed by atoms with van der Waals surface area (Å²) in [5.41, 5.74) is 0.506. The molecular formula is C19H24ClN3O2S. The Labute approximate surface area is 162 Å². The summed E-state index contributed by atoms with van der Waals surface area (Å²) in [7, 11) is 0. The summed E-state index contributed by atoms with van der Waals surface area (Å²) in [6.45, 7) is 5.53. The van der Waals surface area contributed by atoms with Gasteiger partial charge in [0, 0.05) is 24.2 Å². The van der Waals surface area contributed by atoms with Crippen LogP contribution in [-0.2, 0) is 11.3 Å². The number of benzene rings is 1. The van der Waals surface area contributed by atoms with Crippen molar-refractivity contribution < 1.29 is 4.79 Å². The Kier molecular flexibility index (Phi) is 6.24. The molecule has 1 aromatic carbocycles. The van der Waals surface area contributed by atoms with Crippen molar-refractivity contribution in [1.29, 1.82) is 0 Å². The molecule has 0 N–H and O–H groups in total. The van der Waals surface area contributed by atoms with Crippen LogP contribution in [0.5, 0.6) is 0 Å². The fraction of sp³-hybridized carbons (Fsp3) is 0.526. The van der Waals surface area contributed by atoms with E-state index in [0.29, 0.717) is 33.4 Å². The zero-order valence-electron chi connectivity index (χ0n) is 15.2. The Balaban J connectivity index is 1.87. The minimum Gasteiger partial charge on any atom is -0.339 e. The number of aromatic nitrogens is 2. The van der Waals surface area contributed by atoms with Crippen LogP contribution in [0.4, 0.5) is 0 Å². The Morgan fingerprint density at radius 2 is 2.19 bits per heavy atom. The van der Waals surface area contributed by atoms with E-state index < -0.39 is 0 Å². The molecule has 140 valence electrons. The van der Waals surface area contributed by atoms with E-state index in [1.165, 1.54) is 18.2 Å². The number of carbonyl (C=O) groups excluding carboxylic acids is 1. The molecule has 0 bridgehead atoms. The Morgan fingerprint density at radius 3 is 2.92 bits per heavy atom. The maximum Gasteiger partial charge on any atom is 0.262 e. The highest BCUT2D eigenvalue weighted by molar-refractivity contribution is 7.99. The molecule has 1 saturated heterocycles. The summed E-state index contributed by atoms with van der Waals surface area (Å²) in [6, 6.07) is 5.41. The van der Waals surface area contributed by atoms with Crippen LogP contribution in [-0.4, -0.2) is 38.7 Å². The zero-order chi connectivity index (χ0) is 18.7. The normalized spacial score (nSPS) is 17.7. The lowest BCUT2D eigenvalue weighted by atomic mass is 10.0. The van der Waals surface area contributed by atoms with Gasteiger partial charge in [0.25, 0.3) is 5.56 Å². The van der Waals surface area contributed by atoms with Crippen LogP contribution >= 0.6 is 23.4 Å². The molecule has 0 aliphatic carbocycles. The van der Waals surface area contributed by atoms with Gasteiger partial charge < -0.3 is 4.90 Å². The third-order valence-corrected chi connectivity index (χ3v) is 5.97. The number of amides is 1. The third-order valence-electron chi connectivity index (χ3n) is 4.78. The monoisotopic (exact) mass is 393 g/mol. The lowest BCUT2D eigenvalue weighted by Gasteiger charge is -2.33. The number of fused-ring (bicyclic) bond motifs is 1. The number of nitrogens with zero attached hydrogens (tertiary/aromatic N) is 3. The summed E-state index contributed by atoms with van der Waals surface area (Å²) in [6.07, 6.45) is 4.13. The van der Waals surface area contributed by atoms with Gasteiger partial charge in [-0.25, -0.2) is 4.98 Å². The van der Waals surface area contributed by atoms with Crippen molar-refractivity contribution in [2.45, 2.75) is 57.3 Å². The van der Waals surface area contributed by atoms with Gasteiger partial charge in [0.1, 0.15) is 0 Å². The SMILES string of the molecule is CCCn1c(SCC(=O)N2CCCCC2C)nc2cc(Cl)ccc2c1=O. The summed E-state index contributed by atoms with van der Waals surface area (Å²) in [4.78, 5) is 32.0. The van der Waals surface area contributed by atoms with Crippen molar-refractivity contribution in [3.8, 4) is 0 Å². The predicted octanol–water partition coefficient (Wildman–Crippen LogP) is 3.95. The lowest BCUT2D eigenvalue weighted by Crippen LogP contribution is -2.43. The number of hydrogen-bond acceptors (Lipinski definition) is 4. The summed E-state index contributed by atoms with van der Waals surface area (Å²) in [5, 5.41) is 1.69. The van der Waals surface area contributed by atoms with Crippen molar-refractivity contribution in [2.24, 2.45) is 0 Å². The first-order valence-corrected chi connectivity index (χ1v) is 10.5. The molecule has 1 unspecified atom stereocenters. The van der Waals surface area contributed by atoms with Crippen molar-refractivity contribution >= 4 is 40.2 Å². The fourth-order valence-electron chi connectivity index (χ4n) is 3.38. The predicted molar refractivity (Wildman–Crippen MR) is 107 cm³/mol. The lowest BCUT2D eigenvalue weighted by molar-refractivity contribution is -0.131. The second-order valence-electron chi connectivity index (χ2n) is 6.73. The van der Waals surface area contributed by atoms with E-state index in [2.05, 4.69) is 11.9 Å². The van der Waals surface area contributed by atoms with Gasteiger partial charge in [-0.3, -0.25) is 14.2 Å². The van der Waals surface area contributed by atoms with Gasteiger partial charge in [-0.2, -0.15) is 0 Å². The maximum absolute atomic E-state index is 12.8. The minimum atomic E-state index is -0.0743. The first-order valence-electron chi connectivity index (χ1n) is 9.13. The molecule has 1 amide bonds. The van der Waals surface area contributed by atoms with Gasteiger partial charge in [0.15, 0.2) is 5.16 Å². The van der Waals surface area contributed by atoms with Gasteiger partial charge >= 0.3 is 0 Å². The number of halogens is 1. The van der Waals surface area contributed by atoms with E-state index in [0.717, 1.165) is 25.8 Å². The molecule has 1 aliphatic heterocycles. The fourth-order valence-corrected chi connectivity index (χ4v) is 4.46. The van der Waals surface area contributed by atoms with Crippen LogP contribution in [0.3, 0.4) is 0 Å². The quantitative estimate of drug-likeness (QED) is 0.570. The Morgan fingerprint density at radius 1 is 1.38 bits per heavy atom. The molecule has 5 nitrogen and oxygen atoms in total. The molecule has 0 radical (unpaired) electrons. The molecule has 1 aromatic heterocycles. The van der Waals surface area contributed by atoms with Crippen molar-refractivity contribution in [3.05, 3.63) is 33.6 Å². The largest absolute Gasteiger partial charge is 0.339 e.